The Labute approximate surface area is 186 Å². The van der Waals surface area contributed by atoms with Crippen LogP contribution in [0.15, 0.2) is 61.1 Å². The lowest BCUT2D eigenvalue weighted by molar-refractivity contribution is -0.0703. The Balaban J connectivity index is 1.48. The maximum atomic E-state index is 14.2. The molecule has 2 aliphatic heterocycles. The number of pyridine rings is 1. The predicted molar refractivity (Wildman–Crippen MR) is 118 cm³/mol. The van der Waals surface area contributed by atoms with E-state index in [9.17, 15) is 9.18 Å². The zero-order valence-electron chi connectivity index (χ0n) is 17.9. The number of carbonyl (C=O) groups excluding carboxylic acids is 1. The minimum Gasteiger partial charge on any atom is -0.472 e. The number of benzene rings is 1. The average Bonchev–Trinajstić information content (AvgIpc) is 2.85. The second-order valence-electron chi connectivity index (χ2n) is 8.52. The summed E-state index contributed by atoms with van der Waals surface area (Å²) in [6, 6.07) is 12.1. The van der Waals surface area contributed by atoms with Crippen molar-refractivity contribution in [3.63, 3.8) is 0 Å². The van der Waals surface area contributed by atoms with E-state index in [1.807, 2.05) is 37.3 Å². The van der Waals surface area contributed by atoms with E-state index < -0.39 is 12.7 Å². The molecule has 0 spiro atoms. The molecule has 4 unspecified atom stereocenters. The molecule has 3 aliphatic rings. The molecule has 3 aromatic rings. The van der Waals surface area contributed by atoms with E-state index in [0.717, 1.165) is 24.8 Å². The smallest absolute Gasteiger partial charge is 0.255 e. The molecular formula is C25H25FN4O2. The molecule has 0 radical (unpaired) electrons. The van der Waals surface area contributed by atoms with E-state index in [0.29, 0.717) is 22.8 Å². The van der Waals surface area contributed by atoms with Crippen molar-refractivity contribution in [3.8, 4) is 17.3 Å². The summed E-state index contributed by atoms with van der Waals surface area (Å²) < 4.78 is 20.4. The predicted octanol–water partition coefficient (Wildman–Crippen LogP) is 4.26. The fourth-order valence-corrected chi connectivity index (χ4v) is 5.03. The third-order valence-corrected chi connectivity index (χ3v) is 6.57. The van der Waals surface area contributed by atoms with E-state index in [-0.39, 0.29) is 24.0 Å². The molecule has 1 aromatic carbocycles. The number of halogens is 1. The van der Waals surface area contributed by atoms with Gasteiger partial charge in [-0.3, -0.25) is 4.79 Å². The van der Waals surface area contributed by atoms with Crippen molar-refractivity contribution >= 4 is 5.91 Å². The third kappa shape index (κ3) is 3.72. The lowest BCUT2D eigenvalue weighted by Crippen LogP contribution is -2.64. The second-order valence-corrected chi connectivity index (χ2v) is 8.52. The normalized spacial score (nSPS) is 24.4. The Bertz CT molecular complexity index is 1090. The summed E-state index contributed by atoms with van der Waals surface area (Å²) >= 11 is 0. The van der Waals surface area contributed by atoms with Gasteiger partial charge in [-0.05, 0) is 49.8 Å². The van der Waals surface area contributed by atoms with Gasteiger partial charge in [0.2, 0.25) is 5.88 Å². The monoisotopic (exact) mass is 432 g/mol. The number of aromatic nitrogens is 3. The minimum atomic E-state index is -0.563. The Kier molecular flexibility index (Phi) is 5.55. The maximum absolute atomic E-state index is 14.2. The first-order valence-electron chi connectivity index (χ1n) is 11.0. The quantitative estimate of drug-likeness (QED) is 0.603. The fraction of sp³-hybridized carbons (Fsp3) is 0.360. The van der Waals surface area contributed by atoms with Gasteiger partial charge in [0, 0.05) is 30.2 Å². The SMILES string of the molecule is Cc1ccc(OC2CC3CCC2N(C(=O)c2ccccc2-c2ncccn2)C3CF)nc1. The van der Waals surface area contributed by atoms with Crippen LogP contribution in [0.4, 0.5) is 4.39 Å². The molecule has 6 nitrogen and oxygen atoms in total. The second kappa shape index (κ2) is 8.65. The van der Waals surface area contributed by atoms with Crippen LogP contribution in [0, 0.1) is 12.8 Å². The van der Waals surface area contributed by atoms with Crippen LogP contribution < -0.4 is 4.74 Å². The highest BCUT2D eigenvalue weighted by Crippen LogP contribution is 2.42. The maximum Gasteiger partial charge on any atom is 0.255 e. The first-order chi connectivity index (χ1) is 15.7. The highest BCUT2D eigenvalue weighted by atomic mass is 19.1. The molecule has 2 aromatic heterocycles. The molecule has 1 amide bonds. The van der Waals surface area contributed by atoms with Gasteiger partial charge in [0.1, 0.15) is 12.8 Å². The third-order valence-electron chi connectivity index (χ3n) is 6.57. The molecule has 3 fully saturated rings. The van der Waals surface area contributed by atoms with Crippen LogP contribution in [0.2, 0.25) is 0 Å². The van der Waals surface area contributed by atoms with E-state index in [1.54, 1.807) is 35.6 Å². The summed E-state index contributed by atoms with van der Waals surface area (Å²) in [6.45, 7) is 1.41. The Morgan fingerprint density at radius 2 is 1.91 bits per heavy atom. The van der Waals surface area contributed by atoms with Gasteiger partial charge >= 0.3 is 0 Å². The molecule has 0 N–H and O–H groups in total. The summed E-state index contributed by atoms with van der Waals surface area (Å²) in [4.78, 5) is 28.5. The molecular weight excluding hydrogens is 407 g/mol. The van der Waals surface area contributed by atoms with Gasteiger partial charge in [0.05, 0.1) is 17.6 Å². The molecule has 4 atom stereocenters. The number of hydrogen-bond acceptors (Lipinski definition) is 5. The molecule has 32 heavy (non-hydrogen) atoms. The van der Waals surface area contributed by atoms with E-state index >= 15 is 0 Å². The number of rotatable bonds is 5. The van der Waals surface area contributed by atoms with Crippen LogP contribution >= 0.6 is 0 Å². The first-order valence-corrected chi connectivity index (χ1v) is 11.0. The van der Waals surface area contributed by atoms with E-state index in [4.69, 9.17) is 4.74 Å². The number of hydrogen-bond donors (Lipinski definition) is 0. The largest absolute Gasteiger partial charge is 0.472 e. The summed E-state index contributed by atoms with van der Waals surface area (Å²) in [7, 11) is 0. The van der Waals surface area contributed by atoms with Crippen LogP contribution in [-0.2, 0) is 0 Å². The van der Waals surface area contributed by atoms with Gasteiger partial charge < -0.3 is 9.64 Å². The summed E-state index contributed by atoms with van der Waals surface area (Å²) in [5.41, 5.74) is 2.18. The van der Waals surface area contributed by atoms with Crippen molar-refractivity contribution < 1.29 is 13.9 Å². The first kappa shape index (κ1) is 20.5. The Morgan fingerprint density at radius 3 is 2.66 bits per heavy atom. The van der Waals surface area contributed by atoms with Crippen molar-refractivity contribution in [2.45, 2.75) is 44.4 Å². The van der Waals surface area contributed by atoms with Gasteiger partial charge in [0.15, 0.2) is 5.82 Å². The number of ether oxygens (including phenoxy) is 1. The van der Waals surface area contributed by atoms with Crippen LogP contribution in [0.1, 0.15) is 35.2 Å². The van der Waals surface area contributed by atoms with Gasteiger partial charge in [-0.1, -0.05) is 24.3 Å². The van der Waals surface area contributed by atoms with Gasteiger partial charge in [-0.15, -0.1) is 0 Å². The topological polar surface area (TPSA) is 68.2 Å². The van der Waals surface area contributed by atoms with Gasteiger partial charge in [-0.25, -0.2) is 19.3 Å². The molecule has 4 heterocycles. The molecule has 164 valence electrons. The molecule has 1 saturated carbocycles. The van der Waals surface area contributed by atoms with Crippen LogP contribution in [0.3, 0.4) is 0 Å². The number of amides is 1. The summed E-state index contributed by atoms with van der Waals surface area (Å²) in [5, 5.41) is 0. The lowest BCUT2D eigenvalue weighted by Gasteiger charge is -2.53. The highest BCUT2D eigenvalue weighted by molar-refractivity contribution is 6.00. The highest BCUT2D eigenvalue weighted by Gasteiger charge is 2.50. The van der Waals surface area contributed by atoms with Crippen molar-refractivity contribution in [2.75, 3.05) is 6.67 Å². The lowest BCUT2D eigenvalue weighted by atomic mass is 9.72. The zero-order valence-corrected chi connectivity index (χ0v) is 17.9. The van der Waals surface area contributed by atoms with E-state index in [1.165, 1.54) is 0 Å². The summed E-state index contributed by atoms with van der Waals surface area (Å²) in [5.74, 6) is 0.877. The standard InChI is InChI=1S/C25H25FN4O2/c1-16-7-10-23(29-15-16)32-22-13-17-8-9-20(22)30(21(17)14-26)25(31)19-6-3-2-5-18(19)24-27-11-4-12-28-24/h2-7,10-12,15,17,20-22H,8-9,13-14H2,1H3. The minimum absolute atomic E-state index is 0.0598. The molecule has 1 aliphatic carbocycles. The van der Waals surface area contributed by atoms with Gasteiger partial charge in [-0.2, -0.15) is 0 Å². The van der Waals surface area contributed by atoms with E-state index in [2.05, 4.69) is 15.0 Å². The molecule has 2 bridgehead atoms. The molecule has 7 heteroatoms. The number of piperidine rings is 2. The number of fused-ring (bicyclic) bond motifs is 3. The summed E-state index contributed by atoms with van der Waals surface area (Å²) in [6.07, 6.45) is 7.25. The van der Waals surface area contributed by atoms with Crippen molar-refractivity contribution in [1.29, 1.82) is 0 Å². The van der Waals surface area contributed by atoms with Crippen LogP contribution in [-0.4, -0.2) is 50.6 Å². The van der Waals surface area contributed by atoms with Crippen molar-refractivity contribution in [1.82, 2.24) is 19.9 Å². The van der Waals surface area contributed by atoms with Gasteiger partial charge in [0.25, 0.3) is 5.91 Å². The average molecular weight is 432 g/mol. The molecule has 6 rings (SSSR count). The Hall–Kier alpha value is -3.35. The molecule has 2 saturated heterocycles. The van der Waals surface area contributed by atoms with Crippen molar-refractivity contribution in [2.24, 2.45) is 5.92 Å². The number of aryl methyl sites for hydroxylation is 1. The van der Waals surface area contributed by atoms with Crippen molar-refractivity contribution in [3.05, 3.63) is 72.2 Å². The number of carbonyl (C=O) groups is 1. The van der Waals surface area contributed by atoms with Crippen LogP contribution in [0.25, 0.3) is 11.4 Å². The number of alkyl halides is 1. The van der Waals surface area contributed by atoms with Crippen LogP contribution in [0.5, 0.6) is 5.88 Å². The Morgan fingerprint density at radius 1 is 1.09 bits per heavy atom. The number of nitrogens with zero attached hydrogens (tertiary/aromatic N) is 4. The fourth-order valence-electron chi connectivity index (χ4n) is 5.03. The zero-order chi connectivity index (χ0) is 22.1.